The molecule has 1 aliphatic carbocycles. The van der Waals surface area contributed by atoms with Crippen molar-refractivity contribution in [3.8, 4) is 0 Å². The van der Waals surface area contributed by atoms with Gasteiger partial charge >= 0.3 is 0 Å². The fourth-order valence-electron chi connectivity index (χ4n) is 0.758. The van der Waals surface area contributed by atoms with Gasteiger partial charge in [0.25, 0.3) is 0 Å². The highest BCUT2D eigenvalue weighted by atomic mass is 127. The van der Waals surface area contributed by atoms with E-state index in [0.717, 1.165) is 0 Å². The number of hydrogen-bond donors (Lipinski definition) is 0. The molecule has 1 heteroatoms. The molecule has 0 radical (unpaired) electrons. The standard InChI is InChI=1S/C7H9I.C2H6/c1-6-4-2-3-5-7(6)8;1-2/h2,4H,3,5H2,1H3;1-2H3. The minimum Gasteiger partial charge on any atom is -0.0839 e. The van der Waals surface area contributed by atoms with Crippen LogP contribution in [0.4, 0.5) is 0 Å². The van der Waals surface area contributed by atoms with Crippen LogP contribution in [-0.2, 0) is 0 Å². The summed E-state index contributed by atoms with van der Waals surface area (Å²) < 4.78 is 1.52. The van der Waals surface area contributed by atoms with E-state index in [1.54, 1.807) is 0 Å². The molecular formula is C9H15I. The molecule has 0 bridgehead atoms. The zero-order valence-corrected chi connectivity index (χ0v) is 9.10. The van der Waals surface area contributed by atoms with Gasteiger partial charge in [-0.3, -0.25) is 0 Å². The second kappa shape index (κ2) is 5.96. The van der Waals surface area contributed by atoms with Crippen LogP contribution >= 0.6 is 22.6 Å². The summed E-state index contributed by atoms with van der Waals surface area (Å²) in [6.07, 6.45) is 6.92. The van der Waals surface area contributed by atoms with Crippen LogP contribution in [0.5, 0.6) is 0 Å². The molecule has 0 fully saturated rings. The second-order valence-electron chi connectivity index (χ2n) is 2.03. The molecule has 0 N–H and O–H groups in total. The fraction of sp³-hybridized carbons (Fsp3) is 0.556. The van der Waals surface area contributed by atoms with Crippen LogP contribution in [0.1, 0.15) is 33.6 Å². The molecule has 10 heavy (non-hydrogen) atoms. The molecule has 0 aliphatic heterocycles. The van der Waals surface area contributed by atoms with Gasteiger partial charge in [0, 0.05) is 0 Å². The number of allylic oxidation sites excluding steroid dienone is 4. The Bertz CT molecular complexity index is 143. The average Bonchev–Trinajstić information content (AvgIpc) is 2.00. The Balaban J connectivity index is 0.000000371. The van der Waals surface area contributed by atoms with Crippen LogP contribution in [0.25, 0.3) is 0 Å². The lowest BCUT2D eigenvalue weighted by atomic mass is 10.1. The highest BCUT2D eigenvalue weighted by molar-refractivity contribution is 14.1. The highest BCUT2D eigenvalue weighted by Gasteiger charge is 1.98. The first-order chi connectivity index (χ1) is 4.80. The van der Waals surface area contributed by atoms with Gasteiger partial charge in [0.1, 0.15) is 0 Å². The molecule has 0 nitrogen and oxygen atoms in total. The van der Waals surface area contributed by atoms with Crippen LogP contribution in [0.2, 0.25) is 0 Å². The fourth-order valence-corrected chi connectivity index (χ4v) is 1.25. The Kier molecular flexibility index (Phi) is 6.08. The Morgan fingerprint density at radius 2 is 2.00 bits per heavy atom. The monoisotopic (exact) mass is 250 g/mol. The van der Waals surface area contributed by atoms with Crippen molar-refractivity contribution >= 4 is 22.6 Å². The summed E-state index contributed by atoms with van der Waals surface area (Å²) in [5.41, 5.74) is 1.44. The molecule has 1 aliphatic rings. The van der Waals surface area contributed by atoms with Crippen molar-refractivity contribution in [2.75, 3.05) is 0 Å². The van der Waals surface area contributed by atoms with Crippen molar-refractivity contribution in [3.05, 3.63) is 21.3 Å². The first-order valence-electron chi connectivity index (χ1n) is 3.82. The molecule has 0 saturated carbocycles. The third-order valence-electron chi connectivity index (χ3n) is 1.33. The molecule has 0 saturated heterocycles. The molecule has 0 spiro atoms. The van der Waals surface area contributed by atoms with Crippen LogP contribution < -0.4 is 0 Å². The van der Waals surface area contributed by atoms with Crippen molar-refractivity contribution in [3.63, 3.8) is 0 Å². The van der Waals surface area contributed by atoms with Gasteiger partial charge in [0.05, 0.1) is 0 Å². The van der Waals surface area contributed by atoms with E-state index in [-0.39, 0.29) is 0 Å². The van der Waals surface area contributed by atoms with Crippen LogP contribution in [0.3, 0.4) is 0 Å². The predicted molar refractivity (Wildman–Crippen MR) is 56.4 cm³/mol. The summed E-state index contributed by atoms with van der Waals surface area (Å²) in [5, 5.41) is 0. The Morgan fingerprint density at radius 1 is 1.40 bits per heavy atom. The minimum atomic E-state index is 1.23. The van der Waals surface area contributed by atoms with E-state index in [0.29, 0.717) is 0 Å². The maximum absolute atomic E-state index is 2.41. The molecule has 0 aromatic rings. The first-order valence-corrected chi connectivity index (χ1v) is 4.90. The maximum atomic E-state index is 2.41. The first kappa shape index (κ1) is 10.2. The summed E-state index contributed by atoms with van der Waals surface area (Å²) in [7, 11) is 0. The topological polar surface area (TPSA) is 0 Å². The third-order valence-corrected chi connectivity index (χ3v) is 2.72. The van der Waals surface area contributed by atoms with E-state index >= 15 is 0 Å². The average molecular weight is 250 g/mol. The SMILES string of the molecule is CC.CC1=C(I)CCC=C1. The van der Waals surface area contributed by atoms with Crippen molar-refractivity contribution in [2.45, 2.75) is 33.6 Å². The van der Waals surface area contributed by atoms with Crippen molar-refractivity contribution < 1.29 is 0 Å². The maximum Gasteiger partial charge on any atom is -0.00619 e. The predicted octanol–water partition coefficient (Wildman–Crippen LogP) is 4.07. The van der Waals surface area contributed by atoms with E-state index in [1.165, 1.54) is 22.0 Å². The lowest BCUT2D eigenvalue weighted by molar-refractivity contribution is 1.01. The molecule has 0 unspecified atom stereocenters. The van der Waals surface area contributed by atoms with E-state index in [9.17, 15) is 0 Å². The summed E-state index contributed by atoms with van der Waals surface area (Å²) >= 11 is 2.41. The van der Waals surface area contributed by atoms with Crippen molar-refractivity contribution in [2.24, 2.45) is 0 Å². The largest absolute Gasteiger partial charge is 0.0839 e. The van der Waals surface area contributed by atoms with E-state index in [4.69, 9.17) is 0 Å². The minimum absolute atomic E-state index is 1.23. The Hall–Kier alpha value is 0.210. The Labute approximate surface area is 77.5 Å². The van der Waals surface area contributed by atoms with Gasteiger partial charge in [-0.1, -0.05) is 26.0 Å². The molecule has 58 valence electrons. The third kappa shape index (κ3) is 3.40. The van der Waals surface area contributed by atoms with Gasteiger partial charge < -0.3 is 0 Å². The van der Waals surface area contributed by atoms with Crippen LogP contribution in [-0.4, -0.2) is 0 Å². The number of hydrogen-bond acceptors (Lipinski definition) is 0. The van der Waals surface area contributed by atoms with Crippen LogP contribution in [0.15, 0.2) is 21.3 Å². The highest BCUT2D eigenvalue weighted by Crippen LogP contribution is 2.23. The van der Waals surface area contributed by atoms with Gasteiger partial charge in [0.2, 0.25) is 0 Å². The summed E-state index contributed by atoms with van der Waals surface area (Å²) in [5.74, 6) is 0. The van der Waals surface area contributed by atoms with Gasteiger partial charge in [-0.15, -0.1) is 0 Å². The van der Waals surface area contributed by atoms with E-state index in [1.807, 2.05) is 13.8 Å². The van der Waals surface area contributed by atoms with E-state index < -0.39 is 0 Å². The molecule has 0 aromatic heterocycles. The molecule has 0 heterocycles. The van der Waals surface area contributed by atoms with Gasteiger partial charge in [-0.25, -0.2) is 0 Å². The molecule has 0 amide bonds. The summed E-state index contributed by atoms with van der Waals surface area (Å²) in [6, 6.07) is 0. The smallest absolute Gasteiger partial charge is 0.00619 e. The second-order valence-corrected chi connectivity index (χ2v) is 3.33. The van der Waals surface area contributed by atoms with Crippen molar-refractivity contribution in [1.82, 2.24) is 0 Å². The molecule has 0 atom stereocenters. The Morgan fingerprint density at radius 3 is 2.30 bits per heavy atom. The normalized spacial score (nSPS) is 16.4. The zero-order valence-electron chi connectivity index (χ0n) is 6.95. The quantitative estimate of drug-likeness (QED) is 0.568. The van der Waals surface area contributed by atoms with Gasteiger partial charge in [-0.05, 0) is 51.5 Å². The zero-order chi connectivity index (χ0) is 7.98. The molecular weight excluding hydrogens is 235 g/mol. The summed E-state index contributed by atoms with van der Waals surface area (Å²) in [4.78, 5) is 0. The van der Waals surface area contributed by atoms with Gasteiger partial charge in [0.15, 0.2) is 0 Å². The number of halogens is 1. The number of rotatable bonds is 0. The van der Waals surface area contributed by atoms with Gasteiger partial charge in [-0.2, -0.15) is 0 Å². The lowest BCUT2D eigenvalue weighted by Crippen LogP contribution is -1.82. The lowest BCUT2D eigenvalue weighted by Gasteiger charge is -2.04. The van der Waals surface area contributed by atoms with Crippen LogP contribution in [0, 0.1) is 0 Å². The van der Waals surface area contributed by atoms with Crippen molar-refractivity contribution in [1.29, 1.82) is 0 Å². The molecule has 0 aromatic carbocycles. The molecule has 1 rings (SSSR count). The van der Waals surface area contributed by atoms with E-state index in [2.05, 4.69) is 41.7 Å². The summed E-state index contributed by atoms with van der Waals surface area (Å²) in [6.45, 7) is 6.16.